The molecule has 0 aromatic carbocycles. The van der Waals surface area contributed by atoms with Crippen molar-refractivity contribution in [2.75, 3.05) is 0 Å². The van der Waals surface area contributed by atoms with Gasteiger partial charge >= 0.3 is 6.18 Å². The third-order valence-corrected chi connectivity index (χ3v) is 2.03. The lowest BCUT2D eigenvalue weighted by molar-refractivity contribution is -0.138. The molecule has 0 aliphatic carbocycles. The van der Waals surface area contributed by atoms with E-state index in [0.717, 1.165) is 0 Å². The lowest BCUT2D eigenvalue weighted by Gasteiger charge is -2.15. The highest BCUT2D eigenvalue weighted by atomic mass is 19.4. The molecule has 0 spiro atoms. The fraction of sp³-hybridized carbons (Fsp3) is 0.333. The van der Waals surface area contributed by atoms with Crippen LogP contribution in [0.4, 0.5) is 22.0 Å². The number of pyridine rings is 1. The Morgan fingerprint density at radius 1 is 1.41 bits per heavy atom. The Morgan fingerprint density at radius 3 is 2.35 bits per heavy atom. The number of rotatable bonds is 2. The standard InChI is InChI=1S/C9H6F5N3/c10-8(11)7-5(2-16)6(9(12,13)14)4(1-15)3-17-7/h3,8H,2,16H2. The molecular formula is C9H6F5N3. The molecule has 0 fully saturated rings. The Bertz CT molecular complexity index is 461. The number of alkyl halides is 5. The largest absolute Gasteiger partial charge is 0.418 e. The fourth-order valence-corrected chi connectivity index (χ4v) is 1.37. The molecule has 0 amide bonds. The van der Waals surface area contributed by atoms with Crippen LogP contribution in [0.5, 0.6) is 0 Å². The molecule has 0 atom stereocenters. The fourth-order valence-electron chi connectivity index (χ4n) is 1.37. The average molecular weight is 251 g/mol. The minimum Gasteiger partial charge on any atom is -0.326 e. The number of nitrogens with two attached hydrogens (primary N) is 1. The Morgan fingerprint density at radius 2 is 2.00 bits per heavy atom. The minimum atomic E-state index is -4.92. The van der Waals surface area contributed by atoms with E-state index in [0.29, 0.717) is 6.20 Å². The number of hydrogen-bond acceptors (Lipinski definition) is 3. The van der Waals surface area contributed by atoms with Gasteiger partial charge in [0.2, 0.25) is 0 Å². The molecule has 92 valence electrons. The second-order valence-corrected chi connectivity index (χ2v) is 3.03. The molecule has 0 saturated carbocycles. The second-order valence-electron chi connectivity index (χ2n) is 3.03. The molecule has 1 rings (SSSR count). The maximum Gasteiger partial charge on any atom is 0.418 e. The first-order valence-electron chi connectivity index (χ1n) is 4.30. The number of halogens is 5. The van der Waals surface area contributed by atoms with Crippen molar-refractivity contribution in [2.24, 2.45) is 5.73 Å². The van der Waals surface area contributed by atoms with E-state index in [1.54, 1.807) is 0 Å². The highest BCUT2D eigenvalue weighted by molar-refractivity contribution is 5.45. The Hall–Kier alpha value is -1.75. The van der Waals surface area contributed by atoms with Crippen LogP contribution in [0.2, 0.25) is 0 Å². The van der Waals surface area contributed by atoms with E-state index in [2.05, 4.69) is 4.98 Å². The molecule has 1 aromatic heterocycles. The van der Waals surface area contributed by atoms with Crippen molar-refractivity contribution < 1.29 is 22.0 Å². The van der Waals surface area contributed by atoms with Crippen molar-refractivity contribution in [1.82, 2.24) is 4.98 Å². The molecule has 0 aliphatic rings. The van der Waals surface area contributed by atoms with Crippen molar-refractivity contribution in [3.8, 4) is 6.07 Å². The number of hydrogen-bond donors (Lipinski definition) is 1. The van der Waals surface area contributed by atoms with Crippen LogP contribution >= 0.6 is 0 Å². The zero-order chi connectivity index (χ0) is 13.2. The Balaban J connectivity index is 3.63. The monoisotopic (exact) mass is 251 g/mol. The van der Waals surface area contributed by atoms with Gasteiger partial charge in [-0.05, 0) is 0 Å². The molecule has 0 aliphatic heterocycles. The van der Waals surface area contributed by atoms with Gasteiger partial charge in [-0.15, -0.1) is 0 Å². The van der Waals surface area contributed by atoms with Gasteiger partial charge in [0.25, 0.3) is 6.43 Å². The molecule has 0 radical (unpaired) electrons. The summed E-state index contributed by atoms with van der Waals surface area (Å²) in [6.07, 6.45) is -7.63. The summed E-state index contributed by atoms with van der Waals surface area (Å²) in [6, 6.07) is 1.26. The molecular weight excluding hydrogens is 245 g/mol. The second kappa shape index (κ2) is 4.63. The van der Waals surface area contributed by atoms with Crippen molar-refractivity contribution >= 4 is 0 Å². The van der Waals surface area contributed by atoms with Crippen LogP contribution in [-0.4, -0.2) is 4.98 Å². The van der Waals surface area contributed by atoms with Gasteiger partial charge in [-0.25, -0.2) is 8.78 Å². The van der Waals surface area contributed by atoms with Gasteiger partial charge in [-0.2, -0.15) is 18.4 Å². The van der Waals surface area contributed by atoms with Gasteiger partial charge in [-0.3, -0.25) is 4.98 Å². The molecule has 0 saturated heterocycles. The van der Waals surface area contributed by atoms with Crippen LogP contribution in [0.3, 0.4) is 0 Å². The average Bonchev–Trinajstić information content (AvgIpc) is 2.25. The van der Waals surface area contributed by atoms with Crippen molar-refractivity contribution in [2.45, 2.75) is 19.1 Å². The number of nitrogens with zero attached hydrogens (tertiary/aromatic N) is 2. The van der Waals surface area contributed by atoms with Crippen LogP contribution in [0.1, 0.15) is 28.8 Å². The molecule has 1 aromatic rings. The third-order valence-electron chi connectivity index (χ3n) is 2.03. The van der Waals surface area contributed by atoms with E-state index in [-0.39, 0.29) is 0 Å². The normalized spacial score (nSPS) is 11.6. The number of aromatic nitrogens is 1. The van der Waals surface area contributed by atoms with Gasteiger partial charge in [0.05, 0.1) is 11.1 Å². The van der Waals surface area contributed by atoms with Gasteiger partial charge in [0.1, 0.15) is 11.8 Å². The first-order chi connectivity index (χ1) is 7.82. The smallest absolute Gasteiger partial charge is 0.326 e. The molecule has 0 bridgehead atoms. The van der Waals surface area contributed by atoms with E-state index in [4.69, 9.17) is 11.0 Å². The maximum atomic E-state index is 12.6. The molecule has 17 heavy (non-hydrogen) atoms. The number of nitriles is 1. The lowest BCUT2D eigenvalue weighted by Crippen LogP contribution is -2.18. The lowest BCUT2D eigenvalue weighted by atomic mass is 10.0. The summed E-state index contributed by atoms with van der Waals surface area (Å²) in [5.74, 6) is 0. The highest BCUT2D eigenvalue weighted by Crippen LogP contribution is 2.37. The predicted molar refractivity (Wildman–Crippen MR) is 46.8 cm³/mol. The van der Waals surface area contributed by atoms with Crippen LogP contribution in [-0.2, 0) is 12.7 Å². The van der Waals surface area contributed by atoms with Crippen molar-refractivity contribution in [3.05, 3.63) is 28.6 Å². The van der Waals surface area contributed by atoms with E-state index < -0.39 is 41.5 Å². The molecule has 2 N–H and O–H groups in total. The van der Waals surface area contributed by atoms with E-state index in [1.807, 2.05) is 0 Å². The summed E-state index contributed by atoms with van der Waals surface area (Å²) >= 11 is 0. The van der Waals surface area contributed by atoms with Crippen LogP contribution in [0.25, 0.3) is 0 Å². The molecule has 3 nitrogen and oxygen atoms in total. The summed E-state index contributed by atoms with van der Waals surface area (Å²) in [4.78, 5) is 3.14. The quantitative estimate of drug-likeness (QED) is 0.820. The SMILES string of the molecule is N#Cc1cnc(C(F)F)c(CN)c1C(F)(F)F. The summed E-state index contributed by atoms with van der Waals surface area (Å²) in [5.41, 5.74) is 0.888. The third kappa shape index (κ3) is 2.50. The topological polar surface area (TPSA) is 62.7 Å². The minimum absolute atomic E-state index is 0.476. The van der Waals surface area contributed by atoms with Crippen LogP contribution in [0, 0.1) is 11.3 Å². The van der Waals surface area contributed by atoms with E-state index in [9.17, 15) is 22.0 Å². The predicted octanol–water partition coefficient (Wildman–Crippen LogP) is 2.37. The zero-order valence-electron chi connectivity index (χ0n) is 8.22. The Kier molecular flexibility index (Phi) is 3.63. The van der Waals surface area contributed by atoms with E-state index >= 15 is 0 Å². The van der Waals surface area contributed by atoms with Gasteiger partial charge in [0.15, 0.2) is 0 Å². The van der Waals surface area contributed by atoms with Gasteiger partial charge < -0.3 is 5.73 Å². The van der Waals surface area contributed by atoms with Crippen LogP contribution in [0.15, 0.2) is 6.20 Å². The summed E-state index contributed by atoms with van der Waals surface area (Å²) < 4.78 is 62.8. The van der Waals surface area contributed by atoms with Gasteiger partial charge in [0, 0.05) is 18.3 Å². The van der Waals surface area contributed by atoms with Gasteiger partial charge in [-0.1, -0.05) is 0 Å². The summed E-state index contributed by atoms with van der Waals surface area (Å²) in [6.45, 7) is -0.767. The first-order valence-corrected chi connectivity index (χ1v) is 4.30. The van der Waals surface area contributed by atoms with Crippen LogP contribution < -0.4 is 5.73 Å². The maximum absolute atomic E-state index is 12.6. The summed E-state index contributed by atoms with van der Waals surface area (Å²) in [5, 5.41) is 8.51. The molecule has 1 heterocycles. The highest BCUT2D eigenvalue weighted by Gasteiger charge is 2.38. The first kappa shape index (κ1) is 13.3. The Labute approximate surface area is 92.7 Å². The summed E-state index contributed by atoms with van der Waals surface area (Å²) in [7, 11) is 0. The van der Waals surface area contributed by atoms with Crippen molar-refractivity contribution in [1.29, 1.82) is 5.26 Å². The van der Waals surface area contributed by atoms with Crippen molar-refractivity contribution in [3.63, 3.8) is 0 Å². The zero-order valence-corrected chi connectivity index (χ0v) is 8.22. The molecule has 8 heteroatoms. The van der Waals surface area contributed by atoms with E-state index in [1.165, 1.54) is 6.07 Å². The molecule has 0 unspecified atom stereocenters.